The summed E-state index contributed by atoms with van der Waals surface area (Å²) in [4.78, 5) is 73.2. The molecule has 6 atom stereocenters. The molecule has 0 heterocycles. The van der Waals surface area contributed by atoms with E-state index in [1.54, 1.807) is 0 Å². The van der Waals surface area contributed by atoms with E-state index in [9.17, 15) is 43.2 Å². The van der Waals surface area contributed by atoms with Gasteiger partial charge in [0.25, 0.3) is 0 Å². The summed E-state index contributed by atoms with van der Waals surface area (Å²) in [5, 5.41) is 10.7. The minimum atomic E-state index is -4.97. The molecule has 0 spiro atoms. The van der Waals surface area contributed by atoms with Crippen molar-refractivity contribution < 1.29 is 80.2 Å². The highest BCUT2D eigenvalue weighted by Gasteiger charge is 2.30. The lowest BCUT2D eigenvalue weighted by atomic mass is 9.99. The Balaban J connectivity index is 5.24. The van der Waals surface area contributed by atoms with Crippen LogP contribution >= 0.6 is 15.6 Å². The molecule has 0 aliphatic heterocycles. The van der Waals surface area contributed by atoms with Crippen LogP contribution < -0.4 is 0 Å². The van der Waals surface area contributed by atoms with Crippen LogP contribution in [-0.4, -0.2) is 96.7 Å². The first-order valence-electron chi connectivity index (χ1n) is 44.4. The Hall–Kier alpha value is -1.94. The molecule has 0 aromatic heterocycles. The molecule has 3 unspecified atom stereocenters. The van der Waals surface area contributed by atoms with Crippen molar-refractivity contribution in [1.29, 1.82) is 0 Å². The molecular weight excluding hydrogens is 1370 g/mol. The quantitative estimate of drug-likeness (QED) is 0.0222. The number of rotatable bonds is 84. The number of phosphoric ester groups is 2. The van der Waals surface area contributed by atoms with Gasteiger partial charge in [0.15, 0.2) is 12.2 Å². The summed E-state index contributed by atoms with van der Waals surface area (Å²) in [6.07, 6.45) is 66.7. The van der Waals surface area contributed by atoms with E-state index in [0.717, 1.165) is 108 Å². The van der Waals surface area contributed by atoms with Crippen LogP contribution in [0.1, 0.15) is 453 Å². The Kier molecular flexibility index (Phi) is 74.7. The van der Waals surface area contributed by atoms with Gasteiger partial charge in [-0.15, -0.1) is 0 Å². The number of carbonyl (C=O) groups is 4. The third-order valence-corrected chi connectivity index (χ3v) is 22.4. The highest BCUT2D eigenvalue weighted by Crippen LogP contribution is 2.45. The molecular formula is C86H168O17P2. The van der Waals surface area contributed by atoms with E-state index in [0.29, 0.717) is 31.6 Å². The highest BCUT2D eigenvalue weighted by molar-refractivity contribution is 7.47. The topological polar surface area (TPSA) is 237 Å². The third-order valence-electron chi connectivity index (χ3n) is 20.5. The number of phosphoric acid groups is 2. The zero-order valence-corrected chi connectivity index (χ0v) is 71.0. The van der Waals surface area contributed by atoms with Gasteiger partial charge < -0.3 is 33.8 Å². The standard InChI is InChI=1S/C86H168O17P2/c1-8-10-11-12-13-14-15-16-17-18-19-20-21-22-30-35-40-47-55-62-69-85(90)102-81(73-96-83(88)67-60-53-46-39-34-29-26-24-28-33-38-45-52-59-66-79(7)9-2)75-100-104(92,93)98-71-80(87)72-99-105(94,95)101-76-82(74-97-84(89)68-61-54-49-42-44-51-58-65-78(5)6)103-86(91)70-63-56-48-41-36-31-25-23-27-32-37-43-50-57-64-77(3)4/h77-82,87H,8-76H2,1-7H3,(H,92,93)(H,94,95)/t79?,80-,81-,82-/m1/s1. The minimum Gasteiger partial charge on any atom is -0.462 e. The van der Waals surface area contributed by atoms with Crippen LogP contribution in [0.25, 0.3) is 0 Å². The van der Waals surface area contributed by atoms with E-state index in [-0.39, 0.29) is 25.7 Å². The first-order valence-corrected chi connectivity index (χ1v) is 47.4. The van der Waals surface area contributed by atoms with Gasteiger partial charge in [-0.05, 0) is 43.4 Å². The van der Waals surface area contributed by atoms with E-state index in [4.69, 9.17) is 37.0 Å². The van der Waals surface area contributed by atoms with Gasteiger partial charge >= 0.3 is 39.5 Å². The Morgan fingerprint density at radius 2 is 0.486 bits per heavy atom. The average molecular weight is 1540 g/mol. The van der Waals surface area contributed by atoms with Crippen molar-refractivity contribution in [3.63, 3.8) is 0 Å². The van der Waals surface area contributed by atoms with E-state index in [1.807, 2.05) is 0 Å². The van der Waals surface area contributed by atoms with Gasteiger partial charge in [0.05, 0.1) is 26.4 Å². The SMILES string of the molecule is CCCCCCCCCCCCCCCCCCCCCCC(=O)O[C@H](COC(=O)CCCCCCCCCCCCCCCCC(C)CC)COP(=O)(O)OC[C@@H](O)COP(=O)(O)OC[C@@H](COC(=O)CCCCCCCCCC(C)C)OC(=O)CCCCCCCCCCCCCCCCC(C)C. The highest BCUT2D eigenvalue weighted by atomic mass is 31.2. The molecule has 0 radical (unpaired) electrons. The molecule has 0 saturated heterocycles. The second kappa shape index (κ2) is 76.1. The van der Waals surface area contributed by atoms with Crippen LogP contribution in [0.15, 0.2) is 0 Å². The minimum absolute atomic E-state index is 0.107. The summed E-state index contributed by atoms with van der Waals surface area (Å²) in [6.45, 7) is 12.0. The fourth-order valence-electron chi connectivity index (χ4n) is 13.3. The molecule has 0 aliphatic rings. The molecule has 0 rings (SSSR count). The molecule has 0 aliphatic carbocycles. The number of aliphatic hydroxyl groups is 1. The van der Waals surface area contributed by atoms with Gasteiger partial charge in [-0.3, -0.25) is 37.3 Å². The van der Waals surface area contributed by atoms with E-state index < -0.39 is 97.5 Å². The van der Waals surface area contributed by atoms with Crippen molar-refractivity contribution in [2.24, 2.45) is 17.8 Å². The first-order chi connectivity index (χ1) is 50.8. The lowest BCUT2D eigenvalue weighted by Gasteiger charge is -2.21. The van der Waals surface area contributed by atoms with Crippen LogP contribution in [0.2, 0.25) is 0 Å². The normalized spacial score (nSPS) is 14.1. The molecule has 0 amide bonds. The van der Waals surface area contributed by atoms with E-state index in [2.05, 4.69) is 48.5 Å². The zero-order chi connectivity index (χ0) is 77.2. The maximum Gasteiger partial charge on any atom is 0.472 e. The summed E-state index contributed by atoms with van der Waals surface area (Å²) in [6, 6.07) is 0. The van der Waals surface area contributed by atoms with Crippen LogP contribution in [0.3, 0.4) is 0 Å². The Morgan fingerprint density at radius 1 is 0.276 bits per heavy atom. The predicted molar refractivity (Wildman–Crippen MR) is 432 cm³/mol. The molecule has 3 N–H and O–H groups in total. The fraction of sp³-hybridized carbons (Fsp3) is 0.953. The Labute approximate surface area is 645 Å². The summed E-state index contributed by atoms with van der Waals surface area (Å²) >= 11 is 0. The van der Waals surface area contributed by atoms with E-state index >= 15 is 0 Å². The van der Waals surface area contributed by atoms with Crippen LogP contribution in [-0.2, 0) is 65.4 Å². The summed E-state index contributed by atoms with van der Waals surface area (Å²) in [5.41, 5.74) is 0. The van der Waals surface area contributed by atoms with Crippen molar-refractivity contribution in [3.05, 3.63) is 0 Å². The van der Waals surface area contributed by atoms with Gasteiger partial charge in [0.1, 0.15) is 19.3 Å². The van der Waals surface area contributed by atoms with Crippen LogP contribution in [0, 0.1) is 17.8 Å². The molecule has 0 aromatic rings. The molecule has 0 saturated carbocycles. The summed E-state index contributed by atoms with van der Waals surface area (Å²) < 4.78 is 68.9. The van der Waals surface area contributed by atoms with Crippen molar-refractivity contribution in [3.8, 4) is 0 Å². The van der Waals surface area contributed by atoms with E-state index in [1.165, 1.54) is 257 Å². The maximum absolute atomic E-state index is 13.1. The van der Waals surface area contributed by atoms with Crippen LogP contribution in [0.5, 0.6) is 0 Å². The van der Waals surface area contributed by atoms with Gasteiger partial charge in [0, 0.05) is 25.7 Å². The van der Waals surface area contributed by atoms with Gasteiger partial charge in [-0.1, -0.05) is 402 Å². The molecule has 0 bridgehead atoms. The van der Waals surface area contributed by atoms with Gasteiger partial charge in [-0.25, -0.2) is 9.13 Å². The first kappa shape index (κ1) is 103. The lowest BCUT2D eigenvalue weighted by molar-refractivity contribution is -0.161. The Bertz CT molecular complexity index is 2030. The third kappa shape index (κ3) is 78.5. The molecule has 17 nitrogen and oxygen atoms in total. The molecule has 624 valence electrons. The van der Waals surface area contributed by atoms with Crippen molar-refractivity contribution in [2.45, 2.75) is 471 Å². The molecule has 105 heavy (non-hydrogen) atoms. The second-order valence-corrected chi connectivity index (χ2v) is 35.0. The maximum atomic E-state index is 13.1. The fourth-order valence-corrected chi connectivity index (χ4v) is 14.9. The average Bonchev–Trinajstić information content (AvgIpc) is 0.911. The Morgan fingerprint density at radius 3 is 0.724 bits per heavy atom. The summed E-state index contributed by atoms with van der Waals surface area (Å²) in [5.74, 6) is 0.244. The number of unbranched alkanes of at least 4 members (excludes halogenated alkanes) is 51. The van der Waals surface area contributed by atoms with Gasteiger partial charge in [0.2, 0.25) is 0 Å². The number of hydrogen-bond donors (Lipinski definition) is 3. The monoisotopic (exact) mass is 1540 g/mol. The zero-order valence-electron chi connectivity index (χ0n) is 69.2. The number of esters is 4. The number of aliphatic hydroxyl groups excluding tert-OH is 1. The molecule has 19 heteroatoms. The second-order valence-electron chi connectivity index (χ2n) is 32.1. The largest absolute Gasteiger partial charge is 0.472 e. The van der Waals surface area contributed by atoms with Crippen molar-refractivity contribution in [1.82, 2.24) is 0 Å². The molecule has 0 fully saturated rings. The smallest absolute Gasteiger partial charge is 0.462 e. The van der Waals surface area contributed by atoms with Crippen LogP contribution in [0.4, 0.5) is 0 Å². The number of ether oxygens (including phenoxy) is 4. The number of hydrogen-bond acceptors (Lipinski definition) is 15. The lowest BCUT2D eigenvalue weighted by Crippen LogP contribution is -2.30. The van der Waals surface area contributed by atoms with Crippen molar-refractivity contribution in [2.75, 3.05) is 39.6 Å². The summed E-state index contributed by atoms with van der Waals surface area (Å²) in [7, 11) is -9.93. The van der Waals surface area contributed by atoms with Gasteiger partial charge in [-0.2, -0.15) is 0 Å². The number of carbonyl (C=O) groups excluding carboxylic acids is 4. The van der Waals surface area contributed by atoms with Crippen molar-refractivity contribution >= 4 is 39.5 Å². The molecule has 0 aromatic carbocycles. The predicted octanol–water partition coefficient (Wildman–Crippen LogP) is 26.1.